The lowest BCUT2D eigenvalue weighted by molar-refractivity contribution is 0.0376. The number of rotatable bonds is 9. The Morgan fingerprint density at radius 3 is 2.77 bits per heavy atom. The Bertz CT molecular complexity index is 339. The molecule has 0 amide bonds. The van der Waals surface area contributed by atoms with Crippen molar-refractivity contribution in [3.05, 3.63) is 0 Å². The van der Waals surface area contributed by atoms with Crippen molar-refractivity contribution in [2.75, 3.05) is 59.7 Å². The van der Waals surface area contributed by atoms with Crippen LogP contribution in [0.5, 0.6) is 0 Å². The summed E-state index contributed by atoms with van der Waals surface area (Å²) in [6.45, 7) is 7.46. The number of aliphatic imine (C=N–C) groups is 1. The minimum absolute atomic E-state index is 0.343. The maximum atomic E-state index is 5.98. The summed E-state index contributed by atoms with van der Waals surface area (Å²) in [6, 6.07) is 0. The van der Waals surface area contributed by atoms with Gasteiger partial charge in [-0.2, -0.15) is 0 Å². The zero-order valence-corrected chi connectivity index (χ0v) is 14.0. The molecular weight excluding hydrogens is 280 g/mol. The molecule has 3 N–H and O–H groups in total. The third-order valence-corrected chi connectivity index (χ3v) is 4.90. The SMILES string of the molecule is COCCC1(CN=C(N)NCCCN2CCOCC2)CCC1. The Kier molecular flexibility index (Phi) is 7.42. The first-order valence-electron chi connectivity index (χ1n) is 8.57. The van der Waals surface area contributed by atoms with Gasteiger partial charge in [0.05, 0.1) is 13.2 Å². The van der Waals surface area contributed by atoms with Gasteiger partial charge in [0.15, 0.2) is 5.96 Å². The fourth-order valence-electron chi connectivity index (χ4n) is 3.14. The largest absolute Gasteiger partial charge is 0.385 e. The summed E-state index contributed by atoms with van der Waals surface area (Å²) in [6.07, 6.45) is 6.00. The van der Waals surface area contributed by atoms with Crippen molar-refractivity contribution < 1.29 is 9.47 Å². The van der Waals surface area contributed by atoms with Crippen molar-refractivity contribution in [2.45, 2.75) is 32.1 Å². The lowest BCUT2D eigenvalue weighted by Crippen LogP contribution is -2.40. The van der Waals surface area contributed by atoms with E-state index in [4.69, 9.17) is 15.2 Å². The molecule has 2 rings (SSSR count). The second-order valence-electron chi connectivity index (χ2n) is 6.53. The van der Waals surface area contributed by atoms with Crippen LogP contribution in [-0.2, 0) is 9.47 Å². The number of nitrogens with one attached hydrogen (secondary N) is 1. The first kappa shape index (κ1) is 17.5. The first-order valence-corrected chi connectivity index (χ1v) is 8.57. The molecule has 1 saturated heterocycles. The molecular formula is C16H32N4O2. The van der Waals surface area contributed by atoms with E-state index in [1.807, 2.05) is 0 Å². The van der Waals surface area contributed by atoms with Crippen LogP contribution in [0.3, 0.4) is 0 Å². The lowest BCUT2D eigenvalue weighted by Gasteiger charge is -2.40. The molecule has 2 fully saturated rings. The van der Waals surface area contributed by atoms with Crippen molar-refractivity contribution in [1.29, 1.82) is 0 Å². The van der Waals surface area contributed by atoms with Crippen molar-refractivity contribution in [1.82, 2.24) is 10.2 Å². The maximum Gasteiger partial charge on any atom is 0.188 e. The molecule has 2 aliphatic rings. The van der Waals surface area contributed by atoms with Crippen LogP contribution in [0, 0.1) is 5.41 Å². The topological polar surface area (TPSA) is 72.1 Å². The van der Waals surface area contributed by atoms with E-state index in [9.17, 15) is 0 Å². The summed E-state index contributed by atoms with van der Waals surface area (Å²) in [5, 5.41) is 3.24. The minimum atomic E-state index is 0.343. The Balaban J connectivity index is 1.58. The zero-order chi connectivity index (χ0) is 15.7. The average Bonchev–Trinajstić information content (AvgIpc) is 2.51. The monoisotopic (exact) mass is 312 g/mol. The highest BCUT2D eigenvalue weighted by Gasteiger charge is 2.36. The second kappa shape index (κ2) is 9.33. The fraction of sp³-hybridized carbons (Fsp3) is 0.938. The van der Waals surface area contributed by atoms with Gasteiger partial charge in [-0.3, -0.25) is 9.89 Å². The smallest absolute Gasteiger partial charge is 0.188 e. The van der Waals surface area contributed by atoms with Crippen molar-refractivity contribution in [3.8, 4) is 0 Å². The highest BCUT2D eigenvalue weighted by atomic mass is 16.5. The van der Waals surface area contributed by atoms with Gasteiger partial charge in [-0.1, -0.05) is 6.42 Å². The van der Waals surface area contributed by atoms with Crippen LogP contribution in [0.2, 0.25) is 0 Å². The van der Waals surface area contributed by atoms with Crippen LogP contribution in [0.25, 0.3) is 0 Å². The van der Waals surface area contributed by atoms with Crippen molar-refractivity contribution in [3.63, 3.8) is 0 Å². The zero-order valence-electron chi connectivity index (χ0n) is 14.0. The van der Waals surface area contributed by atoms with Crippen LogP contribution in [0.1, 0.15) is 32.1 Å². The number of guanidine groups is 1. The lowest BCUT2D eigenvalue weighted by atomic mass is 9.67. The third-order valence-electron chi connectivity index (χ3n) is 4.90. The predicted octanol–water partition coefficient (Wildman–Crippen LogP) is 0.820. The molecule has 0 unspecified atom stereocenters. The van der Waals surface area contributed by atoms with E-state index in [-0.39, 0.29) is 0 Å². The molecule has 1 heterocycles. The summed E-state index contributed by atoms with van der Waals surface area (Å²) in [7, 11) is 1.76. The Morgan fingerprint density at radius 2 is 2.14 bits per heavy atom. The van der Waals surface area contributed by atoms with Crippen LogP contribution in [0.4, 0.5) is 0 Å². The highest BCUT2D eigenvalue weighted by molar-refractivity contribution is 5.77. The van der Waals surface area contributed by atoms with Gasteiger partial charge in [0, 0.05) is 39.9 Å². The van der Waals surface area contributed by atoms with E-state index >= 15 is 0 Å². The Hall–Kier alpha value is -0.850. The molecule has 0 radical (unpaired) electrons. The summed E-state index contributed by atoms with van der Waals surface area (Å²) < 4.78 is 10.6. The number of hydrogen-bond donors (Lipinski definition) is 2. The van der Waals surface area contributed by atoms with E-state index in [1.54, 1.807) is 7.11 Å². The van der Waals surface area contributed by atoms with Gasteiger partial charge in [-0.25, -0.2) is 0 Å². The van der Waals surface area contributed by atoms with Gasteiger partial charge < -0.3 is 20.5 Å². The van der Waals surface area contributed by atoms with E-state index < -0.39 is 0 Å². The van der Waals surface area contributed by atoms with Gasteiger partial charge in [-0.15, -0.1) is 0 Å². The molecule has 0 aromatic carbocycles. The van der Waals surface area contributed by atoms with E-state index in [2.05, 4.69) is 15.2 Å². The van der Waals surface area contributed by atoms with Crippen molar-refractivity contribution in [2.24, 2.45) is 16.1 Å². The normalized spacial score (nSPS) is 22.3. The standard InChI is InChI=1S/C16H32N4O2/c1-21-11-6-16(4-2-5-16)14-19-15(17)18-7-3-8-20-9-12-22-13-10-20/h2-14H2,1H3,(H3,17,18,19). The average molecular weight is 312 g/mol. The van der Waals surface area contributed by atoms with Gasteiger partial charge in [0.25, 0.3) is 0 Å². The van der Waals surface area contributed by atoms with Crippen molar-refractivity contribution >= 4 is 5.96 Å². The number of methoxy groups -OCH3 is 1. The summed E-state index contributed by atoms with van der Waals surface area (Å²) >= 11 is 0. The second-order valence-corrected chi connectivity index (χ2v) is 6.53. The molecule has 0 aromatic rings. The summed E-state index contributed by atoms with van der Waals surface area (Å²) in [5.74, 6) is 0.589. The maximum absolute atomic E-state index is 5.98. The quantitative estimate of drug-likeness (QED) is 0.375. The molecule has 1 saturated carbocycles. The number of morpholine rings is 1. The van der Waals surface area contributed by atoms with E-state index in [0.29, 0.717) is 11.4 Å². The molecule has 6 nitrogen and oxygen atoms in total. The number of nitrogens with zero attached hydrogens (tertiary/aromatic N) is 2. The van der Waals surface area contributed by atoms with Gasteiger partial charge in [-0.05, 0) is 37.6 Å². The van der Waals surface area contributed by atoms with Crippen LogP contribution >= 0.6 is 0 Å². The van der Waals surface area contributed by atoms with Gasteiger partial charge >= 0.3 is 0 Å². The molecule has 0 aromatic heterocycles. The van der Waals surface area contributed by atoms with E-state index in [0.717, 1.165) is 65.4 Å². The van der Waals surface area contributed by atoms with Gasteiger partial charge in [0.2, 0.25) is 0 Å². The molecule has 0 bridgehead atoms. The van der Waals surface area contributed by atoms with Crippen LogP contribution < -0.4 is 11.1 Å². The first-order chi connectivity index (χ1) is 10.7. The number of ether oxygens (including phenoxy) is 2. The molecule has 0 atom stereocenters. The molecule has 128 valence electrons. The number of hydrogen-bond acceptors (Lipinski definition) is 4. The molecule has 22 heavy (non-hydrogen) atoms. The minimum Gasteiger partial charge on any atom is -0.385 e. The Labute approximate surface area is 134 Å². The third kappa shape index (κ3) is 5.74. The molecule has 1 aliphatic heterocycles. The fourth-order valence-corrected chi connectivity index (χ4v) is 3.14. The highest BCUT2D eigenvalue weighted by Crippen LogP contribution is 2.44. The summed E-state index contributed by atoms with van der Waals surface area (Å²) in [4.78, 5) is 6.99. The number of nitrogens with two attached hydrogens (primary N) is 1. The van der Waals surface area contributed by atoms with Crippen LogP contribution in [-0.4, -0.2) is 70.5 Å². The Morgan fingerprint density at radius 1 is 1.36 bits per heavy atom. The van der Waals surface area contributed by atoms with E-state index in [1.165, 1.54) is 19.3 Å². The van der Waals surface area contributed by atoms with Crippen LogP contribution in [0.15, 0.2) is 4.99 Å². The van der Waals surface area contributed by atoms with Gasteiger partial charge in [0.1, 0.15) is 0 Å². The molecule has 6 heteroatoms. The predicted molar refractivity (Wildman–Crippen MR) is 89.1 cm³/mol. The molecule has 1 aliphatic carbocycles. The summed E-state index contributed by atoms with van der Waals surface area (Å²) in [5.41, 5.74) is 6.32. The molecule has 0 spiro atoms.